The molecule has 1 aromatic carbocycles. The Labute approximate surface area is 243 Å². The van der Waals surface area contributed by atoms with Crippen molar-refractivity contribution in [1.82, 2.24) is 14.6 Å². The number of esters is 2. The minimum absolute atomic E-state index is 0. The Morgan fingerprint density at radius 1 is 0.951 bits per heavy atom. The van der Waals surface area contributed by atoms with Gasteiger partial charge in [-0.05, 0) is 58.4 Å². The molecule has 1 aliphatic carbocycles. The smallest absolute Gasteiger partial charge is 0.328 e. The molecule has 3 fully saturated rings. The lowest BCUT2D eigenvalue weighted by Crippen LogP contribution is -2.46. The first-order valence-electron chi connectivity index (χ1n) is 14.2. The number of ether oxygens (including phenoxy) is 2. The maximum Gasteiger partial charge on any atom is 0.328 e. The van der Waals surface area contributed by atoms with Crippen molar-refractivity contribution in [3.8, 4) is 0 Å². The molecule has 3 aliphatic rings. The van der Waals surface area contributed by atoms with Crippen LogP contribution in [-0.4, -0.2) is 71.7 Å². The number of fused-ring (bicyclic) bond motifs is 1. The van der Waals surface area contributed by atoms with Gasteiger partial charge < -0.3 is 14.0 Å². The van der Waals surface area contributed by atoms with Gasteiger partial charge in [0.2, 0.25) is 5.92 Å². The van der Waals surface area contributed by atoms with E-state index in [1.807, 2.05) is 0 Å². The zero-order chi connectivity index (χ0) is 28.6. The fraction of sp³-hybridized carbons (Fsp3) is 0.586. The fourth-order valence-corrected chi connectivity index (χ4v) is 6.00. The number of carbonyl (C=O) groups excluding carboxylic acids is 3. The summed E-state index contributed by atoms with van der Waals surface area (Å²) in [6.45, 7) is 6.04. The molecule has 0 N–H and O–H groups in total. The summed E-state index contributed by atoms with van der Waals surface area (Å²) in [5.74, 6) is -7.43. The molecule has 1 aromatic heterocycles. The van der Waals surface area contributed by atoms with Gasteiger partial charge in [0.1, 0.15) is 5.82 Å². The molecule has 2 saturated heterocycles. The van der Waals surface area contributed by atoms with Gasteiger partial charge in [-0.3, -0.25) is 19.2 Å². The highest BCUT2D eigenvalue weighted by molar-refractivity contribution is 6.21. The number of ketones is 1. The van der Waals surface area contributed by atoms with E-state index in [1.165, 1.54) is 24.6 Å². The minimum atomic E-state index is -2.01. The van der Waals surface area contributed by atoms with Crippen LogP contribution in [0.25, 0.3) is 10.9 Å². The van der Waals surface area contributed by atoms with Crippen LogP contribution in [-0.2, 0) is 19.1 Å². The molecule has 5 rings (SSSR count). The topological polar surface area (TPSA) is 98.2 Å². The van der Waals surface area contributed by atoms with E-state index in [2.05, 4.69) is 10.0 Å². The van der Waals surface area contributed by atoms with Crippen LogP contribution in [0, 0.1) is 17.6 Å². The van der Waals surface area contributed by atoms with Crippen LogP contribution in [0.2, 0.25) is 0 Å². The number of hydrogen-bond donors (Lipinski definition) is 0. The number of piperidine rings is 1. The van der Waals surface area contributed by atoms with Crippen LogP contribution in [0.3, 0.4) is 0 Å². The number of rotatable bonds is 9. The zero-order valence-electron chi connectivity index (χ0n) is 23.3. The quantitative estimate of drug-likeness (QED) is 0.242. The van der Waals surface area contributed by atoms with E-state index in [1.54, 1.807) is 0 Å². The Balaban J connectivity index is 0.00000387. The normalized spacial score (nSPS) is 19.8. The molecule has 1 unspecified atom stereocenters. The largest absolute Gasteiger partial charge is 0.465 e. The predicted octanol–water partition coefficient (Wildman–Crippen LogP) is 4.15. The molecule has 0 bridgehead atoms. The molecule has 0 spiro atoms. The second-order valence-electron chi connectivity index (χ2n) is 10.7. The van der Waals surface area contributed by atoms with Gasteiger partial charge >= 0.3 is 11.9 Å². The van der Waals surface area contributed by atoms with Crippen molar-refractivity contribution in [2.24, 2.45) is 5.92 Å². The van der Waals surface area contributed by atoms with E-state index in [4.69, 9.17) is 9.47 Å². The molecule has 1 atom stereocenters. The number of aromatic nitrogens is 1. The number of hydrogen-bond acceptors (Lipinski definition) is 8. The second kappa shape index (κ2) is 13.0. The van der Waals surface area contributed by atoms with E-state index >= 15 is 8.78 Å². The van der Waals surface area contributed by atoms with Crippen LogP contribution < -0.4 is 5.43 Å². The summed E-state index contributed by atoms with van der Waals surface area (Å²) in [6.07, 6.45) is 6.19. The van der Waals surface area contributed by atoms with Gasteiger partial charge in [-0.15, -0.1) is 12.4 Å². The molecule has 0 radical (unpaired) electrons. The predicted molar refractivity (Wildman–Crippen MR) is 149 cm³/mol. The van der Waals surface area contributed by atoms with Gasteiger partial charge in [0.15, 0.2) is 17.0 Å². The fourth-order valence-electron chi connectivity index (χ4n) is 6.00. The number of benzene rings is 1. The Morgan fingerprint density at radius 2 is 1.56 bits per heavy atom. The Morgan fingerprint density at radius 3 is 2.15 bits per heavy atom. The number of halogens is 3. The number of pyridine rings is 1. The summed E-state index contributed by atoms with van der Waals surface area (Å²) in [6, 6.07) is 0.808. The molecule has 1 saturated carbocycles. The summed E-state index contributed by atoms with van der Waals surface area (Å²) in [4.78, 5) is 52.1. The van der Waals surface area contributed by atoms with Gasteiger partial charge in [-0.2, -0.15) is 0 Å². The third-order valence-electron chi connectivity index (χ3n) is 8.05. The number of nitrogens with zero attached hydrogens (tertiary/aromatic N) is 3. The number of carbonyl (C=O) groups is 3. The van der Waals surface area contributed by atoms with Gasteiger partial charge in [0, 0.05) is 49.9 Å². The van der Waals surface area contributed by atoms with Gasteiger partial charge in [0.05, 0.1) is 29.7 Å². The van der Waals surface area contributed by atoms with Crippen molar-refractivity contribution in [2.75, 3.05) is 39.4 Å². The molecule has 2 aliphatic heterocycles. The maximum absolute atomic E-state index is 16.3. The van der Waals surface area contributed by atoms with Crippen LogP contribution in [0.15, 0.2) is 17.1 Å². The lowest BCUT2D eigenvalue weighted by atomic mass is 9.89. The number of Topliss-reactive ketones (excluding diaryl/α,β-unsaturated/α-hetero) is 1. The highest BCUT2D eigenvalue weighted by atomic mass is 35.5. The first-order valence-corrected chi connectivity index (χ1v) is 14.2. The van der Waals surface area contributed by atoms with Gasteiger partial charge in [-0.1, -0.05) is 0 Å². The lowest BCUT2D eigenvalue weighted by molar-refractivity contribution is -0.158. The van der Waals surface area contributed by atoms with Crippen molar-refractivity contribution in [2.45, 2.75) is 64.3 Å². The maximum atomic E-state index is 16.3. The Bertz CT molecular complexity index is 1370. The third kappa shape index (κ3) is 6.03. The summed E-state index contributed by atoms with van der Waals surface area (Å²) in [7, 11) is 0. The molecular weight excluding hydrogens is 560 g/mol. The van der Waals surface area contributed by atoms with Crippen molar-refractivity contribution in [1.29, 1.82) is 0 Å². The highest BCUT2D eigenvalue weighted by Crippen LogP contribution is 2.40. The van der Waals surface area contributed by atoms with E-state index in [9.17, 15) is 19.2 Å². The van der Waals surface area contributed by atoms with E-state index < -0.39 is 46.3 Å². The molecule has 2 aromatic rings. The van der Waals surface area contributed by atoms with E-state index in [0.717, 1.165) is 45.0 Å². The summed E-state index contributed by atoms with van der Waals surface area (Å²) in [5.41, 5.74) is -1.54. The average Bonchev–Trinajstić information content (AvgIpc) is 3.62. The third-order valence-corrected chi connectivity index (χ3v) is 8.05. The van der Waals surface area contributed by atoms with Crippen LogP contribution in [0.4, 0.5) is 8.78 Å². The van der Waals surface area contributed by atoms with E-state index in [-0.39, 0.29) is 54.0 Å². The summed E-state index contributed by atoms with van der Waals surface area (Å²) >= 11 is 0. The molecule has 3 heterocycles. The number of hydrazine groups is 1. The van der Waals surface area contributed by atoms with Gasteiger partial charge in [0.25, 0.3) is 0 Å². The van der Waals surface area contributed by atoms with Crippen LogP contribution in [0.5, 0.6) is 0 Å². The zero-order valence-corrected chi connectivity index (χ0v) is 24.1. The molecular formula is C29H36ClF2N3O6. The first kappa shape index (κ1) is 31.1. The minimum Gasteiger partial charge on any atom is -0.465 e. The second-order valence-corrected chi connectivity index (χ2v) is 10.7. The Kier molecular flexibility index (Phi) is 9.81. The van der Waals surface area contributed by atoms with E-state index in [0.29, 0.717) is 25.8 Å². The SMILES string of the molecule is CCOC(=O)C(C(=O)OCC)C(=O)c1cn(C2CC2)c2c(F)c(C3CCCN(N4CCCC4)C3)c(F)cc2c1=O.Cl. The molecule has 224 valence electrons. The average molecular weight is 596 g/mol. The first-order chi connectivity index (χ1) is 19.3. The summed E-state index contributed by atoms with van der Waals surface area (Å²) < 4.78 is 43.3. The lowest BCUT2D eigenvalue weighted by Gasteiger charge is -2.38. The van der Waals surface area contributed by atoms with Crippen molar-refractivity contribution < 1.29 is 32.6 Å². The monoisotopic (exact) mass is 595 g/mol. The molecule has 41 heavy (non-hydrogen) atoms. The Hall–Kier alpha value is -2.89. The van der Waals surface area contributed by atoms with Crippen molar-refractivity contribution in [3.05, 3.63) is 45.2 Å². The molecule has 12 heteroatoms. The van der Waals surface area contributed by atoms with Crippen LogP contribution in [0.1, 0.15) is 80.3 Å². The standard InChI is InChI=1S/C29H35F2N3O6.ClH/c1-3-39-28(37)23(29(38)40-4-2)27(36)20-16-34(18-9-10-18)25-19(26(20)35)14-21(30)22(24(25)31)17-8-7-13-33(15-17)32-11-5-6-12-32;/h14,16-18,23H,3-13,15H2,1-2H3;1H. The van der Waals surface area contributed by atoms with Gasteiger partial charge in [-0.25, -0.2) is 18.8 Å². The summed E-state index contributed by atoms with van der Waals surface area (Å²) in [5, 5.41) is 4.14. The van der Waals surface area contributed by atoms with Crippen molar-refractivity contribution in [3.63, 3.8) is 0 Å². The van der Waals surface area contributed by atoms with Crippen molar-refractivity contribution >= 4 is 41.0 Å². The molecule has 0 amide bonds. The highest BCUT2D eigenvalue weighted by Gasteiger charge is 2.40. The van der Waals surface area contributed by atoms with Crippen LogP contribution >= 0.6 is 12.4 Å². The molecule has 9 nitrogen and oxygen atoms in total.